The van der Waals surface area contributed by atoms with Gasteiger partial charge in [-0.3, -0.25) is 4.79 Å². The molecule has 1 aromatic heterocycles. The normalized spacial score (nSPS) is 16.4. The van der Waals surface area contributed by atoms with Crippen LogP contribution in [-0.4, -0.2) is 46.9 Å². The van der Waals surface area contributed by atoms with Gasteiger partial charge < -0.3 is 15.1 Å². The molecule has 150 valence electrons. The highest BCUT2D eigenvalue weighted by atomic mass is 32.1. The number of hydrogen-bond acceptors (Lipinski definition) is 3. The summed E-state index contributed by atoms with van der Waals surface area (Å²) in [5.41, 5.74) is 1.87. The summed E-state index contributed by atoms with van der Waals surface area (Å²) in [6.45, 7) is 9.02. The highest BCUT2D eigenvalue weighted by Crippen LogP contribution is 2.37. The maximum Gasteiger partial charge on any atom is 0.318 e. The molecule has 1 aliphatic heterocycles. The van der Waals surface area contributed by atoms with Crippen LogP contribution in [0.5, 0.6) is 0 Å². The van der Waals surface area contributed by atoms with Gasteiger partial charge in [0.15, 0.2) is 0 Å². The number of hydrogen-bond donors (Lipinski definition) is 1. The average Bonchev–Trinajstić information content (AvgIpc) is 3.13. The number of carbonyl (C=O) groups excluding carboxylic acids is 2. The van der Waals surface area contributed by atoms with Crippen LogP contribution in [0.4, 0.5) is 4.79 Å². The van der Waals surface area contributed by atoms with E-state index in [-0.39, 0.29) is 24.5 Å². The van der Waals surface area contributed by atoms with Gasteiger partial charge in [-0.05, 0) is 56.7 Å². The minimum Gasteiger partial charge on any atom is -0.338 e. The summed E-state index contributed by atoms with van der Waals surface area (Å²) in [5.74, 6) is -0.0214. The van der Waals surface area contributed by atoms with Gasteiger partial charge in [0, 0.05) is 23.5 Å². The molecule has 0 fully saturated rings. The quantitative estimate of drug-likeness (QED) is 0.843. The lowest BCUT2D eigenvalue weighted by Crippen LogP contribution is -2.55. The molecular formula is C22H29N3O2S. The second-order valence-electron chi connectivity index (χ2n) is 8.04. The van der Waals surface area contributed by atoms with Crippen LogP contribution in [0, 0.1) is 0 Å². The molecule has 2 aromatic rings. The van der Waals surface area contributed by atoms with E-state index in [1.54, 1.807) is 16.2 Å². The first-order valence-corrected chi connectivity index (χ1v) is 10.7. The van der Waals surface area contributed by atoms with Crippen LogP contribution >= 0.6 is 11.3 Å². The third-order valence-corrected chi connectivity index (χ3v) is 6.07. The number of nitrogens with one attached hydrogen (secondary N) is 1. The van der Waals surface area contributed by atoms with Crippen molar-refractivity contribution >= 4 is 23.3 Å². The Balaban J connectivity index is 1.90. The molecule has 0 bridgehead atoms. The zero-order valence-corrected chi connectivity index (χ0v) is 17.9. The molecule has 1 atom stereocenters. The predicted octanol–water partition coefficient (Wildman–Crippen LogP) is 4.05. The van der Waals surface area contributed by atoms with E-state index < -0.39 is 5.54 Å². The lowest BCUT2D eigenvalue weighted by Gasteiger charge is -2.40. The molecule has 3 rings (SSSR count). The van der Waals surface area contributed by atoms with Gasteiger partial charge in [-0.15, -0.1) is 11.3 Å². The number of carbonyl (C=O) groups is 2. The van der Waals surface area contributed by atoms with Crippen LogP contribution in [0.1, 0.15) is 49.7 Å². The van der Waals surface area contributed by atoms with Crippen LogP contribution in [-0.2, 0) is 11.2 Å². The first-order chi connectivity index (χ1) is 13.3. The number of amides is 3. The minimum atomic E-state index is -0.444. The molecule has 1 N–H and O–H groups in total. The Morgan fingerprint density at radius 2 is 1.93 bits per heavy atom. The van der Waals surface area contributed by atoms with Gasteiger partial charge in [-0.25, -0.2) is 4.79 Å². The molecule has 0 saturated heterocycles. The molecule has 1 aromatic carbocycles. The number of thiophene rings is 1. The fraction of sp³-hybridized carbons (Fsp3) is 0.455. The fourth-order valence-corrected chi connectivity index (χ4v) is 4.57. The smallest absolute Gasteiger partial charge is 0.318 e. The molecule has 0 aliphatic carbocycles. The monoisotopic (exact) mass is 399 g/mol. The van der Waals surface area contributed by atoms with Crippen molar-refractivity contribution in [1.82, 2.24) is 15.1 Å². The van der Waals surface area contributed by atoms with Gasteiger partial charge in [0.25, 0.3) is 0 Å². The standard InChI is InChI=1S/C22H29N3O2S/c1-5-23-21(27)25(22(2,3)4)15-19(26)24-13-11-18-17(12-14-28-18)20(24)16-9-7-6-8-10-16/h6-10,12,14,20H,5,11,13,15H2,1-4H3,(H,23,27). The molecular weight excluding hydrogens is 370 g/mol. The largest absolute Gasteiger partial charge is 0.338 e. The van der Waals surface area contributed by atoms with Crippen molar-refractivity contribution in [1.29, 1.82) is 0 Å². The van der Waals surface area contributed by atoms with Crippen LogP contribution in [0.25, 0.3) is 0 Å². The second-order valence-corrected chi connectivity index (χ2v) is 9.04. The Kier molecular flexibility index (Phi) is 6.08. The predicted molar refractivity (Wildman–Crippen MR) is 114 cm³/mol. The van der Waals surface area contributed by atoms with E-state index in [2.05, 4.69) is 28.9 Å². The van der Waals surface area contributed by atoms with Gasteiger partial charge in [0.1, 0.15) is 6.54 Å². The summed E-state index contributed by atoms with van der Waals surface area (Å²) in [6.07, 6.45) is 0.860. The highest BCUT2D eigenvalue weighted by Gasteiger charge is 2.36. The van der Waals surface area contributed by atoms with Crippen molar-refractivity contribution in [2.45, 2.75) is 45.7 Å². The summed E-state index contributed by atoms with van der Waals surface area (Å²) in [5, 5.41) is 4.93. The minimum absolute atomic E-state index is 0.0214. The van der Waals surface area contributed by atoms with Crippen molar-refractivity contribution in [3.05, 3.63) is 57.8 Å². The molecule has 1 unspecified atom stereocenters. The van der Waals surface area contributed by atoms with E-state index in [1.165, 1.54) is 10.4 Å². The van der Waals surface area contributed by atoms with Crippen molar-refractivity contribution < 1.29 is 9.59 Å². The van der Waals surface area contributed by atoms with Gasteiger partial charge in [-0.1, -0.05) is 30.3 Å². The third kappa shape index (κ3) is 4.22. The van der Waals surface area contributed by atoms with Gasteiger partial charge in [0.2, 0.25) is 5.91 Å². The lowest BCUT2D eigenvalue weighted by atomic mass is 9.93. The first-order valence-electron chi connectivity index (χ1n) is 9.79. The van der Waals surface area contributed by atoms with Crippen molar-refractivity contribution in [2.75, 3.05) is 19.6 Å². The number of nitrogens with zero attached hydrogens (tertiary/aromatic N) is 2. The van der Waals surface area contributed by atoms with E-state index in [9.17, 15) is 9.59 Å². The van der Waals surface area contributed by atoms with Crippen LogP contribution in [0.15, 0.2) is 41.8 Å². The highest BCUT2D eigenvalue weighted by molar-refractivity contribution is 7.10. The molecule has 3 amide bonds. The van der Waals surface area contributed by atoms with E-state index in [4.69, 9.17) is 0 Å². The van der Waals surface area contributed by atoms with Crippen molar-refractivity contribution in [2.24, 2.45) is 0 Å². The molecule has 6 heteroatoms. The molecule has 5 nitrogen and oxygen atoms in total. The second kappa shape index (κ2) is 8.35. The first kappa shape index (κ1) is 20.4. The van der Waals surface area contributed by atoms with Gasteiger partial charge in [-0.2, -0.15) is 0 Å². The van der Waals surface area contributed by atoms with E-state index in [1.807, 2.05) is 50.8 Å². The summed E-state index contributed by atoms with van der Waals surface area (Å²) in [4.78, 5) is 30.9. The van der Waals surface area contributed by atoms with E-state index in [0.717, 1.165) is 12.0 Å². The average molecular weight is 400 g/mol. The Morgan fingerprint density at radius 1 is 1.21 bits per heavy atom. The lowest BCUT2D eigenvalue weighted by molar-refractivity contribution is -0.134. The van der Waals surface area contributed by atoms with Crippen molar-refractivity contribution in [3.8, 4) is 0 Å². The van der Waals surface area contributed by atoms with Crippen LogP contribution in [0.3, 0.4) is 0 Å². The summed E-state index contributed by atoms with van der Waals surface area (Å²) >= 11 is 1.75. The van der Waals surface area contributed by atoms with E-state index in [0.29, 0.717) is 13.1 Å². The molecule has 0 radical (unpaired) electrons. The zero-order valence-electron chi connectivity index (χ0n) is 17.1. The molecule has 0 spiro atoms. The number of urea groups is 1. The topological polar surface area (TPSA) is 52.7 Å². The summed E-state index contributed by atoms with van der Waals surface area (Å²) in [7, 11) is 0. The summed E-state index contributed by atoms with van der Waals surface area (Å²) < 4.78 is 0. The van der Waals surface area contributed by atoms with Gasteiger partial charge in [0.05, 0.1) is 6.04 Å². The van der Waals surface area contributed by atoms with Crippen LogP contribution in [0.2, 0.25) is 0 Å². The fourth-order valence-electron chi connectivity index (χ4n) is 3.67. The molecule has 2 heterocycles. The van der Waals surface area contributed by atoms with E-state index >= 15 is 0 Å². The maximum atomic E-state index is 13.4. The maximum absolute atomic E-state index is 13.4. The Morgan fingerprint density at radius 3 is 2.57 bits per heavy atom. The number of rotatable bonds is 4. The van der Waals surface area contributed by atoms with Crippen LogP contribution < -0.4 is 5.32 Å². The number of fused-ring (bicyclic) bond motifs is 1. The molecule has 0 saturated carbocycles. The van der Waals surface area contributed by atoms with Crippen molar-refractivity contribution in [3.63, 3.8) is 0 Å². The zero-order chi connectivity index (χ0) is 20.3. The SMILES string of the molecule is CCNC(=O)N(CC(=O)N1CCc2sccc2C1c1ccccc1)C(C)(C)C. The Bertz CT molecular complexity index is 826. The third-order valence-electron chi connectivity index (χ3n) is 5.08. The number of benzene rings is 1. The van der Waals surface area contributed by atoms with Gasteiger partial charge >= 0.3 is 6.03 Å². The molecule has 28 heavy (non-hydrogen) atoms. The summed E-state index contributed by atoms with van der Waals surface area (Å²) in [6, 6.07) is 12.0. The Labute approximate surface area is 171 Å². The Hall–Kier alpha value is -2.34. The molecule has 1 aliphatic rings.